The van der Waals surface area contributed by atoms with Gasteiger partial charge in [0.15, 0.2) is 0 Å². The normalized spacial score (nSPS) is 14.4. The Labute approximate surface area is 92.1 Å². The maximum atomic E-state index is 10.6. The largest absolute Gasteiger partial charge is 0.505 e. The number of aliphatic hydroxyl groups excluding tert-OH is 2. The number of carbonyl (C=O) groups is 1. The number of hydrogen-bond donors (Lipinski definition) is 5. The molecule has 0 radical (unpaired) electrons. The van der Waals surface area contributed by atoms with Crippen molar-refractivity contribution in [3.63, 3.8) is 0 Å². The molecule has 1 rings (SSSR count). The van der Waals surface area contributed by atoms with Crippen molar-refractivity contribution in [3.05, 3.63) is 23.8 Å². The van der Waals surface area contributed by atoms with Gasteiger partial charge < -0.3 is 26.8 Å². The SMILES string of the molecule is NC(=O)CC(O)C(O)c1cccc(N)c1O. The highest BCUT2D eigenvalue weighted by molar-refractivity contribution is 5.74. The molecule has 16 heavy (non-hydrogen) atoms. The highest BCUT2D eigenvalue weighted by Gasteiger charge is 2.23. The average molecular weight is 226 g/mol. The first-order chi connectivity index (χ1) is 7.43. The van der Waals surface area contributed by atoms with E-state index >= 15 is 0 Å². The van der Waals surface area contributed by atoms with Gasteiger partial charge in [-0.3, -0.25) is 4.79 Å². The second-order valence-corrected chi connectivity index (χ2v) is 3.47. The van der Waals surface area contributed by atoms with Crippen LogP contribution in [-0.4, -0.2) is 27.3 Å². The molecule has 6 nitrogen and oxygen atoms in total. The Bertz CT molecular complexity index is 394. The van der Waals surface area contributed by atoms with Crippen molar-refractivity contribution >= 4 is 11.6 Å². The number of aromatic hydroxyl groups is 1. The smallest absolute Gasteiger partial charge is 0.220 e. The van der Waals surface area contributed by atoms with Crippen LogP contribution in [0.3, 0.4) is 0 Å². The van der Waals surface area contributed by atoms with E-state index in [1.807, 2.05) is 0 Å². The Morgan fingerprint density at radius 2 is 2.00 bits per heavy atom. The standard InChI is InChI=1S/C10H14N2O4/c11-6-3-1-2-5(9(6)15)10(16)7(13)4-8(12)14/h1-3,7,10,13,15-16H,4,11H2,(H2,12,14). The number of nitrogen functional groups attached to an aromatic ring is 1. The third kappa shape index (κ3) is 2.62. The second-order valence-electron chi connectivity index (χ2n) is 3.47. The molecule has 1 aromatic carbocycles. The van der Waals surface area contributed by atoms with Gasteiger partial charge in [0.1, 0.15) is 11.9 Å². The molecule has 0 saturated heterocycles. The molecular formula is C10H14N2O4. The van der Waals surface area contributed by atoms with Gasteiger partial charge in [0.05, 0.1) is 18.2 Å². The molecule has 2 unspecified atom stereocenters. The molecule has 2 atom stereocenters. The van der Waals surface area contributed by atoms with Crippen molar-refractivity contribution in [1.29, 1.82) is 0 Å². The number of nitrogens with two attached hydrogens (primary N) is 2. The van der Waals surface area contributed by atoms with E-state index in [0.29, 0.717) is 0 Å². The van der Waals surface area contributed by atoms with Crippen LogP contribution in [0, 0.1) is 0 Å². The minimum Gasteiger partial charge on any atom is -0.505 e. The molecule has 0 aromatic heterocycles. The van der Waals surface area contributed by atoms with Crippen molar-refractivity contribution < 1.29 is 20.1 Å². The number of phenolic OH excluding ortho intramolecular Hbond substituents is 1. The summed E-state index contributed by atoms with van der Waals surface area (Å²) >= 11 is 0. The number of hydrogen-bond acceptors (Lipinski definition) is 5. The minimum atomic E-state index is -1.41. The lowest BCUT2D eigenvalue weighted by molar-refractivity contribution is -0.121. The highest BCUT2D eigenvalue weighted by Crippen LogP contribution is 2.31. The van der Waals surface area contributed by atoms with Crippen LogP contribution in [0.1, 0.15) is 18.1 Å². The van der Waals surface area contributed by atoms with Crippen molar-refractivity contribution in [2.24, 2.45) is 5.73 Å². The molecule has 7 N–H and O–H groups in total. The number of anilines is 1. The first-order valence-corrected chi connectivity index (χ1v) is 4.65. The van der Waals surface area contributed by atoms with Crippen LogP contribution >= 0.6 is 0 Å². The summed E-state index contributed by atoms with van der Waals surface area (Å²) in [5.74, 6) is -1.05. The molecule has 0 heterocycles. The Balaban J connectivity index is 2.91. The summed E-state index contributed by atoms with van der Waals surface area (Å²) in [7, 11) is 0. The lowest BCUT2D eigenvalue weighted by Gasteiger charge is -2.18. The first-order valence-electron chi connectivity index (χ1n) is 4.65. The van der Waals surface area contributed by atoms with Crippen LogP contribution in [0.5, 0.6) is 5.75 Å². The summed E-state index contributed by atoms with van der Waals surface area (Å²) < 4.78 is 0. The van der Waals surface area contributed by atoms with E-state index in [2.05, 4.69) is 0 Å². The lowest BCUT2D eigenvalue weighted by atomic mass is 10.0. The summed E-state index contributed by atoms with van der Waals surface area (Å²) in [4.78, 5) is 10.6. The van der Waals surface area contributed by atoms with Crippen LogP contribution in [0.25, 0.3) is 0 Å². The van der Waals surface area contributed by atoms with Crippen molar-refractivity contribution in [1.82, 2.24) is 0 Å². The fourth-order valence-electron chi connectivity index (χ4n) is 1.34. The second kappa shape index (κ2) is 4.82. The predicted molar refractivity (Wildman–Crippen MR) is 57.3 cm³/mol. The molecule has 0 fully saturated rings. The Kier molecular flexibility index (Phi) is 3.70. The number of para-hydroxylation sites is 1. The van der Waals surface area contributed by atoms with Gasteiger partial charge in [0.25, 0.3) is 0 Å². The zero-order valence-corrected chi connectivity index (χ0v) is 8.50. The quantitative estimate of drug-likeness (QED) is 0.340. The van der Waals surface area contributed by atoms with Gasteiger partial charge in [-0.15, -0.1) is 0 Å². The van der Waals surface area contributed by atoms with Crippen LogP contribution in [0.2, 0.25) is 0 Å². The van der Waals surface area contributed by atoms with Gasteiger partial charge >= 0.3 is 0 Å². The number of aliphatic hydroxyl groups is 2. The van der Waals surface area contributed by atoms with Crippen molar-refractivity contribution in [2.75, 3.05) is 5.73 Å². The number of benzene rings is 1. The third-order valence-electron chi connectivity index (χ3n) is 2.19. The van der Waals surface area contributed by atoms with Crippen molar-refractivity contribution in [3.8, 4) is 5.75 Å². The molecule has 0 aliphatic carbocycles. The Morgan fingerprint density at radius 1 is 1.38 bits per heavy atom. The molecule has 1 amide bonds. The molecule has 0 saturated carbocycles. The fourth-order valence-corrected chi connectivity index (χ4v) is 1.34. The number of amides is 1. The van der Waals surface area contributed by atoms with Gasteiger partial charge in [-0.1, -0.05) is 12.1 Å². The summed E-state index contributed by atoms with van der Waals surface area (Å²) in [5, 5.41) is 28.7. The van der Waals surface area contributed by atoms with Gasteiger partial charge in [0, 0.05) is 5.56 Å². The number of carbonyl (C=O) groups excluding carboxylic acids is 1. The van der Waals surface area contributed by atoms with Crippen LogP contribution in [0.15, 0.2) is 18.2 Å². The Hall–Kier alpha value is -1.79. The monoisotopic (exact) mass is 226 g/mol. The van der Waals surface area contributed by atoms with Crippen LogP contribution in [0.4, 0.5) is 5.69 Å². The maximum absolute atomic E-state index is 10.6. The van der Waals surface area contributed by atoms with E-state index in [0.717, 1.165) is 0 Å². The van der Waals surface area contributed by atoms with Gasteiger partial charge in [-0.05, 0) is 6.07 Å². The number of rotatable bonds is 4. The van der Waals surface area contributed by atoms with Crippen LogP contribution in [-0.2, 0) is 4.79 Å². The molecular weight excluding hydrogens is 212 g/mol. The van der Waals surface area contributed by atoms with Gasteiger partial charge in [-0.25, -0.2) is 0 Å². The zero-order valence-electron chi connectivity index (χ0n) is 8.50. The van der Waals surface area contributed by atoms with Crippen LogP contribution < -0.4 is 11.5 Å². The summed E-state index contributed by atoms with van der Waals surface area (Å²) in [6.45, 7) is 0. The maximum Gasteiger partial charge on any atom is 0.220 e. The predicted octanol–water partition coefficient (Wildman–Crippen LogP) is -0.756. The summed E-state index contributed by atoms with van der Waals surface area (Å²) in [6.07, 6.45) is -3.17. The molecule has 88 valence electrons. The van der Waals surface area contributed by atoms with E-state index in [-0.39, 0.29) is 17.0 Å². The van der Waals surface area contributed by atoms with E-state index in [4.69, 9.17) is 11.5 Å². The topological polar surface area (TPSA) is 130 Å². The first kappa shape index (κ1) is 12.3. The summed E-state index contributed by atoms with van der Waals surface area (Å²) in [5.41, 5.74) is 10.5. The minimum absolute atomic E-state index is 0.0637. The third-order valence-corrected chi connectivity index (χ3v) is 2.19. The van der Waals surface area contributed by atoms with E-state index in [1.54, 1.807) is 0 Å². The lowest BCUT2D eigenvalue weighted by Crippen LogP contribution is -2.25. The Morgan fingerprint density at radius 3 is 2.56 bits per heavy atom. The van der Waals surface area contributed by atoms with Gasteiger partial charge in [-0.2, -0.15) is 0 Å². The highest BCUT2D eigenvalue weighted by atomic mass is 16.3. The molecule has 0 bridgehead atoms. The zero-order chi connectivity index (χ0) is 12.3. The number of primary amides is 1. The van der Waals surface area contributed by atoms with E-state index < -0.39 is 24.5 Å². The molecule has 1 aromatic rings. The molecule has 0 aliphatic heterocycles. The average Bonchev–Trinajstić information content (AvgIpc) is 2.20. The van der Waals surface area contributed by atoms with E-state index in [1.165, 1.54) is 18.2 Å². The summed E-state index contributed by atoms with van der Waals surface area (Å²) in [6, 6.07) is 4.37. The van der Waals surface area contributed by atoms with E-state index in [9.17, 15) is 20.1 Å². The molecule has 6 heteroatoms. The molecule has 0 aliphatic rings. The molecule has 0 spiro atoms. The van der Waals surface area contributed by atoms with Crippen molar-refractivity contribution in [2.45, 2.75) is 18.6 Å². The fraction of sp³-hybridized carbons (Fsp3) is 0.300. The number of phenols is 1. The van der Waals surface area contributed by atoms with Gasteiger partial charge in [0.2, 0.25) is 5.91 Å².